The first-order chi connectivity index (χ1) is 9.24. The summed E-state index contributed by atoms with van der Waals surface area (Å²) in [5, 5.41) is 3.59. The van der Waals surface area contributed by atoms with Crippen LogP contribution in [0.4, 0.5) is 5.69 Å². The van der Waals surface area contributed by atoms with Gasteiger partial charge in [0, 0.05) is 37.9 Å². The molecule has 0 aromatic heterocycles. The molecule has 3 nitrogen and oxygen atoms in total. The number of fused-ring (bicyclic) bond motifs is 1. The molecule has 3 heteroatoms. The predicted octanol–water partition coefficient (Wildman–Crippen LogP) is 2.33. The van der Waals surface area contributed by atoms with E-state index in [1.54, 1.807) is 0 Å². The smallest absolute Gasteiger partial charge is 0.0412 e. The molecular weight excluding hydrogens is 234 g/mol. The Labute approximate surface area is 117 Å². The van der Waals surface area contributed by atoms with Crippen LogP contribution in [0.25, 0.3) is 0 Å². The van der Waals surface area contributed by atoms with E-state index >= 15 is 0 Å². The summed E-state index contributed by atoms with van der Waals surface area (Å²) in [5.41, 5.74) is 2.83. The van der Waals surface area contributed by atoms with Crippen molar-refractivity contribution in [3.05, 3.63) is 29.8 Å². The van der Waals surface area contributed by atoms with E-state index in [9.17, 15) is 0 Å². The first kappa shape index (κ1) is 14.4. The van der Waals surface area contributed by atoms with Crippen molar-refractivity contribution < 1.29 is 0 Å². The third-order valence-electron chi connectivity index (χ3n) is 4.05. The summed E-state index contributed by atoms with van der Waals surface area (Å²) in [4.78, 5) is 5.03. The summed E-state index contributed by atoms with van der Waals surface area (Å²) in [6.45, 7) is 13.4. The maximum Gasteiger partial charge on any atom is 0.0412 e. The monoisotopic (exact) mass is 261 g/mol. The molecule has 1 aromatic rings. The van der Waals surface area contributed by atoms with Crippen molar-refractivity contribution in [1.29, 1.82) is 0 Å². The molecule has 0 bridgehead atoms. The van der Waals surface area contributed by atoms with E-state index < -0.39 is 0 Å². The topological polar surface area (TPSA) is 18.5 Å². The molecule has 2 rings (SSSR count). The first-order valence-electron chi connectivity index (χ1n) is 7.53. The second kappa shape index (κ2) is 6.92. The molecule has 1 aliphatic heterocycles. The Balaban J connectivity index is 2.09. The average molecular weight is 261 g/mol. The van der Waals surface area contributed by atoms with Gasteiger partial charge >= 0.3 is 0 Å². The SMILES string of the molecule is CCN(CC)CCN1CC(C)NCc2ccccc21. The second-order valence-electron chi connectivity index (χ2n) is 5.38. The van der Waals surface area contributed by atoms with Gasteiger partial charge in [0.15, 0.2) is 0 Å². The lowest BCUT2D eigenvalue weighted by Crippen LogP contribution is -2.40. The molecule has 0 saturated carbocycles. The van der Waals surface area contributed by atoms with E-state index in [2.05, 4.69) is 60.2 Å². The second-order valence-corrected chi connectivity index (χ2v) is 5.38. The maximum atomic E-state index is 3.59. The molecule has 1 unspecified atom stereocenters. The molecule has 1 aromatic carbocycles. The fraction of sp³-hybridized carbons (Fsp3) is 0.625. The highest BCUT2D eigenvalue weighted by atomic mass is 15.2. The van der Waals surface area contributed by atoms with E-state index in [0.29, 0.717) is 6.04 Å². The lowest BCUT2D eigenvalue weighted by molar-refractivity contribution is 0.308. The molecule has 0 aliphatic carbocycles. The largest absolute Gasteiger partial charge is 0.368 e. The number of hydrogen-bond donors (Lipinski definition) is 1. The van der Waals surface area contributed by atoms with Crippen LogP contribution in [0.3, 0.4) is 0 Å². The third-order valence-corrected chi connectivity index (χ3v) is 4.05. The van der Waals surface area contributed by atoms with Gasteiger partial charge in [0.25, 0.3) is 0 Å². The highest BCUT2D eigenvalue weighted by Gasteiger charge is 2.18. The van der Waals surface area contributed by atoms with Gasteiger partial charge in [-0.05, 0) is 31.6 Å². The lowest BCUT2D eigenvalue weighted by atomic mass is 10.1. The highest BCUT2D eigenvalue weighted by molar-refractivity contribution is 5.54. The molecule has 0 amide bonds. The van der Waals surface area contributed by atoms with Crippen molar-refractivity contribution >= 4 is 5.69 Å². The Bertz CT molecular complexity index is 387. The molecule has 0 spiro atoms. The van der Waals surface area contributed by atoms with E-state index in [0.717, 1.165) is 39.3 Å². The normalized spacial score (nSPS) is 19.4. The first-order valence-corrected chi connectivity index (χ1v) is 7.53. The van der Waals surface area contributed by atoms with Gasteiger partial charge in [0.05, 0.1) is 0 Å². The fourth-order valence-corrected chi connectivity index (χ4v) is 2.76. The summed E-state index contributed by atoms with van der Waals surface area (Å²) >= 11 is 0. The van der Waals surface area contributed by atoms with Gasteiger partial charge in [0.2, 0.25) is 0 Å². The van der Waals surface area contributed by atoms with Crippen LogP contribution in [0.5, 0.6) is 0 Å². The van der Waals surface area contributed by atoms with Gasteiger partial charge in [0.1, 0.15) is 0 Å². The molecule has 1 N–H and O–H groups in total. The Kier molecular flexibility index (Phi) is 5.23. The van der Waals surface area contributed by atoms with E-state index in [-0.39, 0.29) is 0 Å². The molecule has 1 heterocycles. The lowest BCUT2D eigenvalue weighted by Gasteiger charge is -2.29. The Hall–Kier alpha value is -1.06. The Morgan fingerprint density at radius 2 is 2.00 bits per heavy atom. The molecule has 0 saturated heterocycles. The van der Waals surface area contributed by atoms with Crippen LogP contribution in [0, 0.1) is 0 Å². The van der Waals surface area contributed by atoms with Gasteiger partial charge < -0.3 is 15.1 Å². The summed E-state index contributed by atoms with van der Waals surface area (Å²) < 4.78 is 0. The van der Waals surface area contributed by atoms with E-state index in [1.807, 2.05) is 0 Å². The minimum Gasteiger partial charge on any atom is -0.368 e. The number of nitrogens with zero attached hydrogens (tertiary/aromatic N) is 2. The Morgan fingerprint density at radius 1 is 1.26 bits per heavy atom. The van der Waals surface area contributed by atoms with Crippen LogP contribution < -0.4 is 10.2 Å². The number of likely N-dealkylation sites (N-methyl/N-ethyl adjacent to an activating group) is 1. The van der Waals surface area contributed by atoms with Gasteiger partial charge in [-0.1, -0.05) is 32.0 Å². The summed E-state index contributed by atoms with van der Waals surface area (Å²) in [7, 11) is 0. The molecule has 0 radical (unpaired) electrons. The van der Waals surface area contributed by atoms with Crippen LogP contribution in [-0.4, -0.2) is 43.7 Å². The minimum atomic E-state index is 0.545. The number of anilines is 1. The summed E-state index contributed by atoms with van der Waals surface area (Å²) in [6.07, 6.45) is 0. The third kappa shape index (κ3) is 3.71. The van der Waals surface area contributed by atoms with Gasteiger partial charge in [-0.2, -0.15) is 0 Å². The van der Waals surface area contributed by atoms with Crippen LogP contribution >= 0.6 is 0 Å². The van der Waals surface area contributed by atoms with Crippen molar-refractivity contribution in [3.63, 3.8) is 0 Å². The van der Waals surface area contributed by atoms with Crippen LogP contribution in [0.2, 0.25) is 0 Å². The quantitative estimate of drug-likeness (QED) is 0.877. The van der Waals surface area contributed by atoms with Crippen molar-refractivity contribution in [2.45, 2.75) is 33.4 Å². The average Bonchev–Trinajstić information content (AvgIpc) is 2.60. The highest BCUT2D eigenvalue weighted by Crippen LogP contribution is 2.23. The number of para-hydroxylation sites is 1. The summed E-state index contributed by atoms with van der Waals surface area (Å²) in [5.74, 6) is 0. The molecule has 1 atom stereocenters. The van der Waals surface area contributed by atoms with Crippen LogP contribution in [0.1, 0.15) is 26.3 Å². The van der Waals surface area contributed by atoms with Crippen LogP contribution in [0.15, 0.2) is 24.3 Å². The fourth-order valence-electron chi connectivity index (χ4n) is 2.76. The van der Waals surface area contributed by atoms with Gasteiger partial charge in [-0.15, -0.1) is 0 Å². The number of nitrogens with one attached hydrogen (secondary N) is 1. The minimum absolute atomic E-state index is 0.545. The van der Waals surface area contributed by atoms with Gasteiger partial charge in [-0.25, -0.2) is 0 Å². The van der Waals surface area contributed by atoms with Crippen molar-refractivity contribution in [2.24, 2.45) is 0 Å². The zero-order chi connectivity index (χ0) is 13.7. The molecule has 19 heavy (non-hydrogen) atoms. The zero-order valence-electron chi connectivity index (χ0n) is 12.5. The molecule has 106 valence electrons. The van der Waals surface area contributed by atoms with E-state index in [1.165, 1.54) is 11.3 Å². The number of benzene rings is 1. The van der Waals surface area contributed by atoms with Crippen molar-refractivity contribution in [1.82, 2.24) is 10.2 Å². The van der Waals surface area contributed by atoms with Crippen molar-refractivity contribution in [3.8, 4) is 0 Å². The van der Waals surface area contributed by atoms with Crippen LogP contribution in [-0.2, 0) is 6.54 Å². The number of hydrogen-bond acceptors (Lipinski definition) is 3. The molecular formula is C16H27N3. The van der Waals surface area contributed by atoms with Crippen molar-refractivity contribution in [2.75, 3.05) is 37.6 Å². The van der Waals surface area contributed by atoms with Gasteiger partial charge in [-0.3, -0.25) is 0 Å². The summed E-state index contributed by atoms with van der Waals surface area (Å²) in [6, 6.07) is 9.34. The molecule has 1 aliphatic rings. The Morgan fingerprint density at radius 3 is 2.74 bits per heavy atom. The zero-order valence-corrected chi connectivity index (χ0v) is 12.5. The predicted molar refractivity (Wildman–Crippen MR) is 82.7 cm³/mol. The molecule has 0 fully saturated rings. The van der Waals surface area contributed by atoms with E-state index in [4.69, 9.17) is 0 Å². The maximum absolute atomic E-state index is 3.59. The number of rotatable bonds is 5. The standard InChI is InChI=1S/C16H27N3/c1-4-18(5-2)10-11-19-13-14(3)17-12-15-8-6-7-9-16(15)19/h6-9,14,17H,4-5,10-13H2,1-3H3.